The Morgan fingerprint density at radius 3 is 2.68 bits per heavy atom. The number of likely N-dealkylation sites (tertiary alicyclic amines) is 1. The Balaban J connectivity index is 1.67. The van der Waals surface area contributed by atoms with Crippen molar-refractivity contribution in [3.05, 3.63) is 41.0 Å². The molecule has 5 nitrogen and oxygen atoms in total. The number of carbonyl (C=O) groups is 2. The van der Waals surface area contributed by atoms with Crippen LogP contribution in [0.2, 0.25) is 0 Å². The molecule has 3 heterocycles. The normalized spacial score (nSPS) is 24.8. The molecular formula is C23H29N3O2. The highest BCUT2D eigenvalue weighted by Gasteiger charge is 2.43. The number of fused-ring (bicyclic) bond motifs is 1. The largest absolute Gasteiger partial charge is 0.359 e. The lowest BCUT2D eigenvalue weighted by Crippen LogP contribution is -2.53. The first kappa shape index (κ1) is 18.9. The Labute approximate surface area is 167 Å². The molecule has 28 heavy (non-hydrogen) atoms. The van der Waals surface area contributed by atoms with Gasteiger partial charge in [-0.2, -0.15) is 0 Å². The van der Waals surface area contributed by atoms with E-state index in [1.54, 1.807) is 0 Å². The van der Waals surface area contributed by atoms with Crippen LogP contribution in [0, 0.1) is 12.8 Å². The highest BCUT2D eigenvalue weighted by Crippen LogP contribution is 2.35. The van der Waals surface area contributed by atoms with Gasteiger partial charge in [-0.15, -0.1) is 0 Å². The number of benzene rings is 1. The molecule has 0 N–H and O–H groups in total. The number of hydrogen-bond donors (Lipinski definition) is 0. The number of nitrogens with zero attached hydrogens (tertiary/aromatic N) is 3. The Bertz CT molecular complexity index is 865. The number of rotatable bonds is 3. The average Bonchev–Trinajstić information content (AvgIpc) is 3.15. The van der Waals surface area contributed by atoms with E-state index in [9.17, 15) is 9.59 Å². The molecule has 3 aliphatic rings. The molecule has 2 unspecified atom stereocenters. The molecule has 4 rings (SSSR count). The van der Waals surface area contributed by atoms with E-state index in [0.717, 1.165) is 36.6 Å². The van der Waals surface area contributed by atoms with Crippen molar-refractivity contribution in [1.29, 1.82) is 0 Å². The molecule has 0 radical (unpaired) electrons. The summed E-state index contributed by atoms with van der Waals surface area (Å²) in [7, 11) is 1.90. The summed E-state index contributed by atoms with van der Waals surface area (Å²) in [5.41, 5.74) is 3.29. The summed E-state index contributed by atoms with van der Waals surface area (Å²) in [5, 5.41) is 0. The SMILES string of the molecule is CCC(=O)c1ccc(C)c(C2=CC3CN=C(N4CCCCC4)C3N(C)C2=O)c1. The van der Waals surface area contributed by atoms with Crippen molar-refractivity contribution >= 4 is 23.1 Å². The minimum atomic E-state index is 0.0251. The van der Waals surface area contributed by atoms with Gasteiger partial charge in [0.25, 0.3) is 5.91 Å². The van der Waals surface area contributed by atoms with E-state index in [1.807, 2.05) is 44.0 Å². The zero-order valence-corrected chi connectivity index (χ0v) is 17.1. The molecular weight excluding hydrogens is 350 g/mol. The molecule has 0 aliphatic carbocycles. The van der Waals surface area contributed by atoms with Crippen molar-refractivity contribution in [2.75, 3.05) is 26.7 Å². The maximum Gasteiger partial charge on any atom is 0.254 e. The number of ketones is 1. The monoisotopic (exact) mass is 379 g/mol. The van der Waals surface area contributed by atoms with Crippen LogP contribution in [0.4, 0.5) is 0 Å². The molecule has 3 aliphatic heterocycles. The molecule has 1 amide bonds. The third-order valence-corrected chi connectivity index (χ3v) is 6.33. The molecule has 0 saturated carbocycles. The molecule has 1 aromatic rings. The van der Waals surface area contributed by atoms with E-state index in [2.05, 4.69) is 11.0 Å². The molecule has 0 bridgehead atoms. The highest BCUT2D eigenvalue weighted by molar-refractivity contribution is 6.22. The van der Waals surface area contributed by atoms with Gasteiger partial charge in [0.05, 0.1) is 6.04 Å². The van der Waals surface area contributed by atoms with Crippen LogP contribution in [0.25, 0.3) is 5.57 Å². The molecule has 148 valence electrons. The average molecular weight is 380 g/mol. The molecule has 5 heteroatoms. The second kappa shape index (κ2) is 7.53. The molecule has 1 saturated heterocycles. The fraction of sp³-hybridized carbons (Fsp3) is 0.522. The van der Waals surface area contributed by atoms with Gasteiger partial charge in [-0.05, 0) is 43.4 Å². The maximum atomic E-state index is 13.3. The van der Waals surface area contributed by atoms with E-state index in [4.69, 9.17) is 4.99 Å². The minimum absolute atomic E-state index is 0.0251. The summed E-state index contributed by atoms with van der Waals surface area (Å²) in [6, 6.07) is 5.73. The number of carbonyl (C=O) groups excluding carboxylic acids is 2. The first-order valence-corrected chi connectivity index (χ1v) is 10.4. The highest BCUT2D eigenvalue weighted by atomic mass is 16.2. The van der Waals surface area contributed by atoms with Crippen LogP contribution >= 0.6 is 0 Å². The second-order valence-corrected chi connectivity index (χ2v) is 8.16. The number of amides is 1. The molecule has 2 atom stereocenters. The second-order valence-electron chi connectivity index (χ2n) is 8.16. The summed E-state index contributed by atoms with van der Waals surface area (Å²) in [5.74, 6) is 1.42. The number of Topliss-reactive ketones (excluding diaryl/α,β-unsaturated/α-hetero) is 1. The fourth-order valence-corrected chi connectivity index (χ4v) is 4.69. The number of aliphatic imine (C=N–C) groups is 1. The number of hydrogen-bond acceptors (Lipinski definition) is 4. The standard InChI is InChI=1S/C23H29N3O2/c1-4-20(27)16-9-8-15(2)18(12-16)19-13-17-14-24-22(21(17)25(3)23(19)28)26-10-6-5-7-11-26/h8-9,12-13,17,21H,4-7,10-11,14H2,1-3H3. The summed E-state index contributed by atoms with van der Waals surface area (Å²) in [4.78, 5) is 34.6. The van der Waals surface area contributed by atoms with E-state index >= 15 is 0 Å². The minimum Gasteiger partial charge on any atom is -0.359 e. The Morgan fingerprint density at radius 1 is 1.21 bits per heavy atom. The van der Waals surface area contributed by atoms with E-state index in [-0.39, 0.29) is 23.7 Å². The van der Waals surface area contributed by atoms with Crippen LogP contribution < -0.4 is 0 Å². The van der Waals surface area contributed by atoms with E-state index in [1.165, 1.54) is 19.3 Å². The van der Waals surface area contributed by atoms with Gasteiger partial charge in [0.1, 0.15) is 5.84 Å². The van der Waals surface area contributed by atoms with Gasteiger partial charge >= 0.3 is 0 Å². The number of amidine groups is 1. The number of piperidine rings is 1. The van der Waals surface area contributed by atoms with Crippen LogP contribution in [0.15, 0.2) is 29.3 Å². The van der Waals surface area contributed by atoms with Crippen LogP contribution in [0.3, 0.4) is 0 Å². The maximum absolute atomic E-state index is 13.3. The number of likely N-dealkylation sites (N-methyl/N-ethyl adjacent to an activating group) is 1. The molecule has 0 aromatic heterocycles. The lowest BCUT2D eigenvalue weighted by molar-refractivity contribution is -0.125. The van der Waals surface area contributed by atoms with Crippen LogP contribution in [-0.2, 0) is 4.79 Å². The van der Waals surface area contributed by atoms with Crippen LogP contribution in [-0.4, -0.2) is 60.0 Å². The van der Waals surface area contributed by atoms with Crippen molar-refractivity contribution in [2.45, 2.75) is 45.6 Å². The Morgan fingerprint density at radius 2 is 1.96 bits per heavy atom. The van der Waals surface area contributed by atoms with Crippen LogP contribution in [0.5, 0.6) is 0 Å². The predicted molar refractivity (Wildman–Crippen MR) is 112 cm³/mol. The number of aryl methyl sites for hydroxylation is 1. The van der Waals surface area contributed by atoms with Crippen molar-refractivity contribution in [2.24, 2.45) is 10.9 Å². The van der Waals surface area contributed by atoms with Gasteiger partial charge in [0.15, 0.2) is 5.78 Å². The van der Waals surface area contributed by atoms with Crippen molar-refractivity contribution in [1.82, 2.24) is 9.80 Å². The Hall–Kier alpha value is -2.43. The summed E-state index contributed by atoms with van der Waals surface area (Å²) in [6.07, 6.45) is 6.26. The first-order valence-electron chi connectivity index (χ1n) is 10.4. The topological polar surface area (TPSA) is 53.0 Å². The summed E-state index contributed by atoms with van der Waals surface area (Å²) in [6.45, 7) is 6.68. The lowest BCUT2D eigenvalue weighted by Gasteiger charge is -2.39. The third kappa shape index (κ3) is 3.17. The van der Waals surface area contributed by atoms with E-state index in [0.29, 0.717) is 17.6 Å². The Kier molecular flexibility index (Phi) is 5.09. The zero-order valence-electron chi connectivity index (χ0n) is 17.1. The van der Waals surface area contributed by atoms with Gasteiger partial charge in [0.2, 0.25) is 0 Å². The van der Waals surface area contributed by atoms with Gasteiger partial charge in [-0.3, -0.25) is 14.6 Å². The van der Waals surface area contributed by atoms with Crippen molar-refractivity contribution < 1.29 is 9.59 Å². The third-order valence-electron chi connectivity index (χ3n) is 6.33. The lowest BCUT2D eigenvalue weighted by atomic mass is 9.86. The molecule has 0 spiro atoms. The van der Waals surface area contributed by atoms with Gasteiger partial charge in [0, 0.05) is 50.2 Å². The summed E-state index contributed by atoms with van der Waals surface area (Å²) < 4.78 is 0. The first-order chi connectivity index (χ1) is 13.5. The van der Waals surface area contributed by atoms with Gasteiger partial charge < -0.3 is 9.80 Å². The van der Waals surface area contributed by atoms with Gasteiger partial charge in [-0.1, -0.05) is 25.1 Å². The zero-order chi connectivity index (χ0) is 19.8. The van der Waals surface area contributed by atoms with E-state index < -0.39 is 0 Å². The smallest absolute Gasteiger partial charge is 0.254 e. The quantitative estimate of drug-likeness (QED) is 0.757. The van der Waals surface area contributed by atoms with Crippen molar-refractivity contribution in [3.63, 3.8) is 0 Å². The predicted octanol–water partition coefficient (Wildman–Crippen LogP) is 3.33. The fourth-order valence-electron chi connectivity index (χ4n) is 4.69. The van der Waals surface area contributed by atoms with Crippen molar-refractivity contribution in [3.8, 4) is 0 Å². The molecule has 1 fully saturated rings. The van der Waals surface area contributed by atoms with Gasteiger partial charge in [-0.25, -0.2) is 0 Å². The van der Waals surface area contributed by atoms with Crippen LogP contribution in [0.1, 0.15) is 54.1 Å². The summed E-state index contributed by atoms with van der Waals surface area (Å²) >= 11 is 0. The molecule has 1 aromatic carbocycles.